The molecule has 4 N–H and O–H groups in total. The molecule has 0 radical (unpaired) electrons. The zero-order valence-corrected chi connectivity index (χ0v) is 9.98. The summed E-state index contributed by atoms with van der Waals surface area (Å²) < 4.78 is 0. The highest BCUT2D eigenvalue weighted by Crippen LogP contribution is 2.11. The third-order valence-corrected chi connectivity index (χ3v) is 2.25. The molecule has 0 aromatic heterocycles. The summed E-state index contributed by atoms with van der Waals surface area (Å²) in [5, 5.41) is 17.4. The van der Waals surface area contributed by atoms with Crippen molar-refractivity contribution in [1.82, 2.24) is 0 Å². The number of nitrogen functional groups attached to an aromatic ring is 1. The standard InChI is InChI=1S/C7H7NO2.C7H6O2/c8-6-4-2-1-3-5(6)7(9)10;8-5-6-3-1-2-4-7(6)9/h1-4H,8H2,(H,9,10);1-5,9H. The smallest absolute Gasteiger partial charge is 0.337 e. The highest BCUT2D eigenvalue weighted by Gasteiger charge is 2.03. The van der Waals surface area contributed by atoms with E-state index >= 15 is 0 Å². The molecule has 0 saturated heterocycles. The van der Waals surface area contributed by atoms with Gasteiger partial charge in [0.2, 0.25) is 0 Å². The molecule has 0 aliphatic carbocycles. The van der Waals surface area contributed by atoms with Crippen molar-refractivity contribution in [2.24, 2.45) is 0 Å². The number of anilines is 1. The van der Waals surface area contributed by atoms with Crippen LogP contribution in [0.4, 0.5) is 5.69 Å². The van der Waals surface area contributed by atoms with Crippen LogP contribution in [0.5, 0.6) is 5.75 Å². The number of hydrogen-bond donors (Lipinski definition) is 3. The predicted molar refractivity (Wildman–Crippen MR) is 71.3 cm³/mol. The van der Waals surface area contributed by atoms with E-state index < -0.39 is 5.97 Å². The van der Waals surface area contributed by atoms with Gasteiger partial charge in [0.25, 0.3) is 0 Å². The number of carbonyl (C=O) groups is 2. The van der Waals surface area contributed by atoms with E-state index in [-0.39, 0.29) is 11.3 Å². The molecule has 19 heavy (non-hydrogen) atoms. The first kappa shape index (κ1) is 14.2. The van der Waals surface area contributed by atoms with Gasteiger partial charge in [-0.3, -0.25) is 4.79 Å². The summed E-state index contributed by atoms with van der Waals surface area (Å²) in [5.74, 6) is -0.953. The number of carboxylic acids is 1. The molecule has 0 unspecified atom stereocenters. The lowest BCUT2D eigenvalue weighted by Gasteiger charge is -1.96. The molecule has 5 nitrogen and oxygen atoms in total. The summed E-state index contributed by atoms with van der Waals surface area (Å²) in [6.45, 7) is 0. The lowest BCUT2D eigenvalue weighted by atomic mass is 10.2. The summed E-state index contributed by atoms with van der Waals surface area (Å²) in [6, 6.07) is 12.8. The minimum absolute atomic E-state index is 0.0347. The van der Waals surface area contributed by atoms with Crippen molar-refractivity contribution in [3.05, 3.63) is 59.7 Å². The van der Waals surface area contributed by atoms with E-state index in [9.17, 15) is 9.59 Å². The lowest BCUT2D eigenvalue weighted by Crippen LogP contribution is -2.00. The van der Waals surface area contributed by atoms with E-state index in [2.05, 4.69) is 0 Å². The van der Waals surface area contributed by atoms with Crippen molar-refractivity contribution in [2.45, 2.75) is 0 Å². The number of hydrogen-bond acceptors (Lipinski definition) is 4. The molecule has 98 valence electrons. The first-order valence-electron chi connectivity index (χ1n) is 5.37. The fraction of sp³-hybridized carbons (Fsp3) is 0. The number of rotatable bonds is 2. The second kappa shape index (κ2) is 6.80. The highest BCUT2D eigenvalue weighted by atomic mass is 16.4. The van der Waals surface area contributed by atoms with Crippen LogP contribution in [0.3, 0.4) is 0 Å². The van der Waals surface area contributed by atoms with Gasteiger partial charge in [-0.15, -0.1) is 0 Å². The van der Waals surface area contributed by atoms with Crippen LogP contribution in [0.25, 0.3) is 0 Å². The first-order valence-corrected chi connectivity index (χ1v) is 5.37. The quantitative estimate of drug-likeness (QED) is 0.566. The second-order valence-corrected chi connectivity index (χ2v) is 3.57. The Bertz CT molecular complexity index is 581. The molecular weight excluding hydrogens is 246 g/mol. The van der Waals surface area contributed by atoms with Gasteiger partial charge in [0.05, 0.1) is 11.1 Å². The number of phenolic OH excluding ortho intramolecular Hbond substituents is 1. The maximum Gasteiger partial charge on any atom is 0.337 e. The lowest BCUT2D eigenvalue weighted by molar-refractivity contribution is 0.0698. The van der Waals surface area contributed by atoms with Gasteiger partial charge in [0, 0.05) is 5.69 Å². The maximum atomic E-state index is 10.3. The maximum absolute atomic E-state index is 10.3. The molecule has 2 aromatic rings. The minimum atomic E-state index is -0.988. The number of aldehydes is 1. The Morgan fingerprint density at radius 3 is 2.05 bits per heavy atom. The molecule has 5 heteroatoms. The number of benzene rings is 2. The average molecular weight is 259 g/mol. The van der Waals surface area contributed by atoms with Crippen molar-refractivity contribution in [2.75, 3.05) is 5.73 Å². The van der Waals surface area contributed by atoms with Crippen molar-refractivity contribution in [1.29, 1.82) is 0 Å². The molecule has 0 spiro atoms. The molecule has 0 heterocycles. The molecule has 0 bridgehead atoms. The molecular formula is C14H13NO4. The van der Waals surface area contributed by atoms with Gasteiger partial charge in [-0.1, -0.05) is 24.3 Å². The number of carbonyl (C=O) groups excluding carboxylic acids is 1. The average Bonchev–Trinajstić information content (AvgIpc) is 2.40. The Balaban J connectivity index is 0.000000191. The minimum Gasteiger partial charge on any atom is -0.507 e. The van der Waals surface area contributed by atoms with Crippen LogP contribution in [0.1, 0.15) is 20.7 Å². The monoisotopic (exact) mass is 259 g/mol. The Morgan fingerprint density at radius 2 is 1.63 bits per heavy atom. The first-order chi connectivity index (χ1) is 9.06. The SMILES string of the molecule is Nc1ccccc1C(=O)O.O=Cc1ccccc1O. The number of carboxylic acid groups (broad SMARTS) is 1. The molecule has 2 aromatic carbocycles. The van der Waals surface area contributed by atoms with Gasteiger partial charge in [-0.25, -0.2) is 4.79 Å². The molecule has 2 rings (SSSR count). The number of phenols is 1. The predicted octanol–water partition coefficient (Wildman–Crippen LogP) is 2.17. The van der Waals surface area contributed by atoms with Gasteiger partial charge >= 0.3 is 5.97 Å². The van der Waals surface area contributed by atoms with Crippen LogP contribution >= 0.6 is 0 Å². The van der Waals surface area contributed by atoms with Gasteiger partial charge in [-0.05, 0) is 24.3 Å². The Kier molecular flexibility index (Phi) is 5.10. The van der Waals surface area contributed by atoms with Gasteiger partial charge < -0.3 is 15.9 Å². The van der Waals surface area contributed by atoms with Crippen molar-refractivity contribution in [3.63, 3.8) is 0 Å². The van der Waals surface area contributed by atoms with Crippen molar-refractivity contribution in [3.8, 4) is 5.75 Å². The number of nitrogens with two attached hydrogens (primary N) is 1. The zero-order chi connectivity index (χ0) is 14.3. The van der Waals surface area contributed by atoms with E-state index in [0.29, 0.717) is 17.5 Å². The molecule has 0 saturated carbocycles. The van der Waals surface area contributed by atoms with Crippen LogP contribution in [-0.2, 0) is 0 Å². The number of aromatic carboxylic acids is 1. The second-order valence-electron chi connectivity index (χ2n) is 3.57. The van der Waals surface area contributed by atoms with E-state index in [1.807, 2.05) is 0 Å². The summed E-state index contributed by atoms with van der Waals surface area (Å²) in [7, 11) is 0. The topological polar surface area (TPSA) is 101 Å². The van der Waals surface area contributed by atoms with Gasteiger partial charge in [0.15, 0.2) is 6.29 Å². The van der Waals surface area contributed by atoms with E-state index in [0.717, 1.165) is 0 Å². The third kappa shape index (κ3) is 4.16. The largest absolute Gasteiger partial charge is 0.507 e. The third-order valence-electron chi connectivity index (χ3n) is 2.25. The Hall–Kier alpha value is -2.82. The number of para-hydroxylation sites is 2. The fourth-order valence-corrected chi connectivity index (χ4v) is 1.28. The summed E-state index contributed by atoms with van der Waals surface area (Å²) in [5.41, 5.74) is 6.13. The fourth-order valence-electron chi connectivity index (χ4n) is 1.28. The van der Waals surface area contributed by atoms with Crippen LogP contribution in [0.15, 0.2) is 48.5 Å². The summed E-state index contributed by atoms with van der Waals surface area (Å²) in [4.78, 5) is 20.4. The molecule has 0 aliphatic rings. The Morgan fingerprint density at radius 1 is 1.05 bits per heavy atom. The molecule has 0 fully saturated rings. The molecule has 0 amide bonds. The van der Waals surface area contributed by atoms with Crippen LogP contribution in [0.2, 0.25) is 0 Å². The Labute approximate surface area is 109 Å². The van der Waals surface area contributed by atoms with Crippen LogP contribution in [0, 0.1) is 0 Å². The van der Waals surface area contributed by atoms with Crippen LogP contribution in [-0.4, -0.2) is 22.5 Å². The van der Waals surface area contributed by atoms with Crippen molar-refractivity contribution < 1.29 is 19.8 Å². The molecule has 0 aliphatic heterocycles. The van der Waals surface area contributed by atoms with Gasteiger partial charge in [-0.2, -0.15) is 0 Å². The van der Waals surface area contributed by atoms with E-state index in [1.54, 1.807) is 36.4 Å². The van der Waals surface area contributed by atoms with Crippen molar-refractivity contribution >= 4 is 17.9 Å². The highest BCUT2D eigenvalue weighted by molar-refractivity contribution is 5.93. The number of aromatic hydroxyl groups is 1. The summed E-state index contributed by atoms with van der Waals surface area (Å²) >= 11 is 0. The van der Waals surface area contributed by atoms with E-state index in [1.165, 1.54) is 12.1 Å². The van der Waals surface area contributed by atoms with Crippen LogP contribution < -0.4 is 5.73 Å². The van der Waals surface area contributed by atoms with E-state index in [4.69, 9.17) is 15.9 Å². The molecule has 0 atom stereocenters. The normalized spacial score (nSPS) is 9.05. The summed E-state index contributed by atoms with van der Waals surface area (Å²) in [6.07, 6.45) is 0.620. The zero-order valence-electron chi connectivity index (χ0n) is 9.98. The van der Waals surface area contributed by atoms with Gasteiger partial charge in [0.1, 0.15) is 5.75 Å².